The van der Waals surface area contributed by atoms with Gasteiger partial charge in [0.1, 0.15) is 12.3 Å². The van der Waals surface area contributed by atoms with Gasteiger partial charge in [-0.3, -0.25) is 14.4 Å². The van der Waals surface area contributed by atoms with E-state index in [1.165, 1.54) is 11.8 Å². The molecule has 0 aliphatic carbocycles. The smallest absolute Gasteiger partial charge is 0.258 e. The minimum absolute atomic E-state index is 0.221. The van der Waals surface area contributed by atoms with E-state index in [2.05, 4.69) is 5.32 Å². The van der Waals surface area contributed by atoms with Crippen LogP contribution in [0.2, 0.25) is 0 Å². The van der Waals surface area contributed by atoms with Gasteiger partial charge in [-0.15, -0.1) is 0 Å². The molecule has 2 unspecified atom stereocenters. The topological polar surface area (TPSA) is 89.9 Å². The molecule has 0 bridgehead atoms. The van der Waals surface area contributed by atoms with Crippen LogP contribution in [0.5, 0.6) is 0 Å². The monoisotopic (exact) mass is 511 g/mol. The van der Waals surface area contributed by atoms with Crippen molar-refractivity contribution < 1.29 is 19.5 Å². The van der Waals surface area contributed by atoms with Crippen LogP contribution in [0.25, 0.3) is 5.70 Å². The van der Waals surface area contributed by atoms with Crippen LogP contribution < -0.4 is 5.32 Å². The molecule has 0 fully saturated rings. The fourth-order valence-corrected chi connectivity index (χ4v) is 4.84. The molecule has 0 radical (unpaired) electrons. The summed E-state index contributed by atoms with van der Waals surface area (Å²) in [5.41, 5.74) is 2.55. The highest BCUT2D eigenvalue weighted by Crippen LogP contribution is 2.34. The maximum Gasteiger partial charge on any atom is 0.258 e. The Labute approximate surface area is 223 Å². The number of carbonyl (C=O) groups excluding carboxylic acids is 3. The summed E-state index contributed by atoms with van der Waals surface area (Å²) in [6.07, 6.45) is 0.651. The number of amides is 3. The van der Waals surface area contributed by atoms with E-state index < -0.39 is 24.2 Å². The largest absolute Gasteiger partial charge is 0.371 e. The lowest BCUT2D eigenvalue weighted by Gasteiger charge is -2.45. The van der Waals surface area contributed by atoms with Gasteiger partial charge >= 0.3 is 0 Å². The van der Waals surface area contributed by atoms with Gasteiger partial charge in [-0.1, -0.05) is 92.7 Å². The molecule has 2 N–H and O–H groups in total. The molecule has 3 aromatic carbocycles. The number of hydrogen-bond acceptors (Lipinski definition) is 4. The molecule has 1 heterocycles. The zero-order valence-electron chi connectivity index (χ0n) is 21.8. The van der Waals surface area contributed by atoms with Gasteiger partial charge in [0.15, 0.2) is 0 Å². The number of nitrogens with zero attached hydrogens (tertiary/aromatic N) is 2. The summed E-state index contributed by atoms with van der Waals surface area (Å²) in [7, 11) is 0. The first kappa shape index (κ1) is 26.8. The lowest BCUT2D eigenvalue weighted by Crippen LogP contribution is -2.61. The van der Waals surface area contributed by atoms with Crippen LogP contribution in [0.3, 0.4) is 0 Å². The molecule has 1 aliphatic rings. The van der Waals surface area contributed by atoms with Gasteiger partial charge in [0, 0.05) is 18.7 Å². The fraction of sp³-hybridized carbons (Fsp3) is 0.258. The van der Waals surface area contributed by atoms with Gasteiger partial charge in [0.2, 0.25) is 5.91 Å². The summed E-state index contributed by atoms with van der Waals surface area (Å²) in [6, 6.07) is 26.0. The Morgan fingerprint density at radius 3 is 2.00 bits per heavy atom. The third-order valence-electron chi connectivity index (χ3n) is 6.60. The minimum atomic E-state index is -1.34. The Morgan fingerprint density at radius 2 is 1.45 bits per heavy atom. The van der Waals surface area contributed by atoms with Crippen LogP contribution in [0, 0.1) is 5.92 Å². The van der Waals surface area contributed by atoms with Gasteiger partial charge < -0.3 is 20.2 Å². The maximum atomic E-state index is 14.4. The highest BCUT2D eigenvalue weighted by molar-refractivity contribution is 6.02. The second-order valence-electron chi connectivity index (χ2n) is 9.76. The molecule has 7 heteroatoms. The van der Waals surface area contributed by atoms with Crippen molar-refractivity contribution in [1.82, 2.24) is 15.1 Å². The van der Waals surface area contributed by atoms with E-state index in [0.29, 0.717) is 16.8 Å². The molecule has 1 aliphatic heterocycles. The molecule has 196 valence electrons. The summed E-state index contributed by atoms with van der Waals surface area (Å²) in [4.78, 5) is 43.1. The van der Waals surface area contributed by atoms with E-state index in [4.69, 9.17) is 0 Å². The van der Waals surface area contributed by atoms with Crippen molar-refractivity contribution in [2.75, 3.05) is 0 Å². The van der Waals surface area contributed by atoms with Crippen molar-refractivity contribution in [3.05, 3.63) is 114 Å². The van der Waals surface area contributed by atoms with Crippen molar-refractivity contribution in [1.29, 1.82) is 0 Å². The molecular formula is C31H33N3O4. The summed E-state index contributed by atoms with van der Waals surface area (Å²) in [5.74, 6) is -1.24. The predicted octanol–water partition coefficient (Wildman–Crippen LogP) is 4.06. The lowest BCUT2D eigenvalue weighted by atomic mass is 9.93. The molecular weight excluding hydrogens is 478 g/mol. The number of nitrogens with one attached hydrogen (secondary N) is 1. The first-order valence-electron chi connectivity index (χ1n) is 12.7. The molecule has 38 heavy (non-hydrogen) atoms. The van der Waals surface area contributed by atoms with Crippen LogP contribution in [0.15, 0.2) is 97.2 Å². The molecule has 3 amide bonds. The number of rotatable bonds is 8. The minimum Gasteiger partial charge on any atom is -0.371 e. The molecule has 0 saturated heterocycles. The summed E-state index contributed by atoms with van der Waals surface area (Å²) in [6.45, 7) is 5.11. The second-order valence-corrected chi connectivity index (χ2v) is 9.76. The van der Waals surface area contributed by atoms with E-state index in [-0.39, 0.29) is 24.2 Å². The summed E-state index contributed by atoms with van der Waals surface area (Å²) >= 11 is 0. The Kier molecular flexibility index (Phi) is 8.38. The van der Waals surface area contributed by atoms with Crippen molar-refractivity contribution in [3.8, 4) is 0 Å². The third-order valence-corrected chi connectivity index (χ3v) is 6.60. The van der Waals surface area contributed by atoms with E-state index in [1.807, 2.05) is 80.6 Å². The van der Waals surface area contributed by atoms with Crippen LogP contribution in [0.1, 0.15) is 42.3 Å². The number of aliphatic hydroxyl groups excluding tert-OH is 1. The Bertz CT molecular complexity index is 1290. The fourth-order valence-electron chi connectivity index (χ4n) is 4.84. The van der Waals surface area contributed by atoms with Crippen molar-refractivity contribution in [2.24, 2.45) is 5.92 Å². The molecule has 0 saturated carbocycles. The molecule has 0 spiro atoms. The molecule has 7 nitrogen and oxygen atoms in total. The van der Waals surface area contributed by atoms with Gasteiger partial charge in [0.25, 0.3) is 11.8 Å². The van der Waals surface area contributed by atoms with E-state index in [0.717, 1.165) is 5.56 Å². The highest BCUT2D eigenvalue weighted by atomic mass is 16.3. The van der Waals surface area contributed by atoms with Crippen molar-refractivity contribution >= 4 is 23.4 Å². The second kappa shape index (κ2) is 11.9. The molecule has 4 rings (SSSR count). The Morgan fingerprint density at radius 1 is 0.895 bits per heavy atom. The van der Waals surface area contributed by atoms with Crippen LogP contribution in [-0.2, 0) is 16.0 Å². The van der Waals surface area contributed by atoms with E-state index in [9.17, 15) is 19.5 Å². The number of benzene rings is 3. The standard InChI is InChI=1S/C31H33N3O4/c1-21(2)28-31(38)34(26(29(36)32-22(3)35)19-23-13-7-4-8-14-23)27(24-15-9-5-10-16-24)20-33(28)30(37)25-17-11-6-12-18-25/h4-18,20-21,26,28-29,36H,19H2,1-3H3,(H,32,35)/t26-,28?,29?/m0/s1. The normalized spacial score (nSPS) is 17.1. The quantitative estimate of drug-likeness (QED) is 0.447. The lowest BCUT2D eigenvalue weighted by molar-refractivity contribution is -0.140. The van der Waals surface area contributed by atoms with Crippen LogP contribution in [-0.4, -0.2) is 50.9 Å². The SMILES string of the molecule is CC(=O)NC(O)[C@H](Cc1ccccc1)N1C(=O)C(C(C)C)N(C(=O)c2ccccc2)C=C1c1ccccc1. The Hall–Kier alpha value is -4.23. The van der Waals surface area contributed by atoms with E-state index >= 15 is 0 Å². The van der Waals surface area contributed by atoms with Crippen LogP contribution in [0.4, 0.5) is 0 Å². The molecule has 3 atom stereocenters. The average molecular weight is 512 g/mol. The third kappa shape index (κ3) is 5.84. The average Bonchev–Trinajstić information content (AvgIpc) is 2.92. The maximum absolute atomic E-state index is 14.4. The van der Waals surface area contributed by atoms with Gasteiger partial charge in [-0.2, -0.15) is 0 Å². The zero-order chi connectivity index (χ0) is 27.2. The van der Waals surface area contributed by atoms with Crippen molar-refractivity contribution in [3.63, 3.8) is 0 Å². The summed E-state index contributed by atoms with van der Waals surface area (Å²) < 4.78 is 0. The first-order valence-corrected chi connectivity index (χ1v) is 12.7. The zero-order valence-corrected chi connectivity index (χ0v) is 21.8. The van der Waals surface area contributed by atoms with Gasteiger partial charge in [-0.05, 0) is 35.6 Å². The highest BCUT2D eigenvalue weighted by Gasteiger charge is 2.45. The summed E-state index contributed by atoms with van der Waals surface area (Å²) in [5, 5.41) is 13.8. The number of hydrogen-bond donors (Lipinski definition) is 2. The van der Waals surface area contributed by atoms with E-state index in [1.54, 1.807) is 35.4 Å². The number of carbonyl (C=O) groups is 3. The predicted molar refractivity (Wildman–Crippen MR) is 146 cm³/mol. The first-order chi connectivity index (χ1) is 18.3. The number of aliphatic hydroxyl groups is 1. The van der Waals surface area contributed by atoms with Gasteiger partial charge in [0.05, 0.1) is 11.7 Å². The molecule has 0 aromatic heterocycles. The van der Waals surface area contributed by atoms with Crippen LogP contribution >= 0.6 is 0 Å². The Balaban J connectivity index is 1.88. The van der Waals surface area contributed by atoms with Crippen molar-refractivity contribution in [2.45, 2.75) is 45.5 Å². The van der Waals surface area contributed by atoms with Gasteiger partial charge in [-0.25, -0.2) is 0 Å². The molecule has 3 aromatic rings.